The number of nitrogen functional groups attached to an aromatic ring is 1. The number of rotatable bonds is 5. The molecule has 0 aliphatic rings. The monoisotopic (exact) mass is 278 g/mol. The molecule has 5 heteroatoms. The molecule has 2 aromatic rings. The molecule has 0 aromatic heterocycles. The summed E-state index contributed by atoms with van der Waals surface area (Å²) in [6, 6.07) is 8.98. The number of hydrogen-bond acceptors (Lipinski definition) is 3. The molecule has 2 rings (SSSR count). The van der Waals surface area contributed by atoms with Gasteiger partial charge in [-0.05, 0) is 36.8 Å². The normalized spacial score (nSPS) is 10.3. The lowest BCUT2D eigenvalue weighted by atomic mass is 10.2. The third kappa shape index (κ3) is 3.38. The van der Waals surface area contributed by atoms with Crippen molar-refractivity contribution in [2.45, 2.75) is 13.3 Å². The number of hydrogen-bond donors (Lipinski definition) is 2. The van der Waals surface area contributed by atoms with Crippen LogP contribution in [0.25, 0.3) is 0 Å². The first-order valence-electron chi connectivity index (χ1n) is 6.34. The van der Waals surface area contributed by atoms with Gasteiger partial charge in [0, 0.05) is 11.8 Å². The zero-order valence-electron chi connectivity index (χ0n) is 11.1. The van der Waals surface area contributed by atoms with E-state index in [1.54, 1.807) is 24.3 Å². The molecule has 0 spiro atoms. The highest BCUT2D eigenvalue weighted by Crippen LogP contribution is 2.27. The van der Waals surface area contributed by atoms with E-state index in [2.05, 4.69) is 5.32 Å². The van der Waals surface area contributed by atoms with Gasteiger partial charge in [0.05, 0.1) is 18.0 Å². The Kier molecular flexibility index (Phi) is 4.40. The van der Waals surface area contributed by atoms with Crippen molar-refractivity contribution < 1.29 is 13.5 Å². The largest absolute Gasteiger partial charge is 0.494 e. The van der Waals surface area contributed by atoms with Crippen LogP contribution in [-0.4, -0.2) is 6.61 Å². The molecule has 3 N–H and O–H groups in total. The lowest BCUT2D eigenvalue weighted by Gasteiger charge is -2.11. The number of anilines is 3. The van der Waals surface area contributed by atoms with Crippen LogP contribution < -0.4 is 15.8 Å². The van der Waals surface area contributed by atoms with Crippen LogP contribution >= 0.6 is 0 Å². The molecule has 0 amide bonds. The summed E-state index contributed by atoms with van der Waals surface area (Å²) in [5.74, 6) is -0.715. The molecule has 0 bridgehead atoms. The summed E-state index contributed by atoms with van der Waals surface area (Å²) in [4.78, 5) is 0. The van der Waals surface area contributed by atoms with E-state index in [0.29, 0.717) is 12.3 Å². The lowest BCUT2D eigenvalue weighted by molar-refractivity contribution is 0.317. The fourth-order valence-corrected chi connectivity index (χ4v) is 1.70. The highest BCUT2D eigenvalue weighted by molar-refractivity contribution is 5.73. The van der Waals surface area contributed by atoms with Crippen LogP contribution in [0.2, 0.25) is 0 Å². The number of halogens is 2. The van der Waals surface area contributed by atoms with Gasteiger partial charge in [-0.15, -0.1) is 0 Å². The Morgan fingerprint density at radius 1 is 1.15 bits per heavy atom. The van der Waals surface area contributed by atoms with Gasteiger partial charge in [-0.25, -0.2) is 8.78 Å². The Balaban J connectivity index is 2.14. The minimum absolute atomic E-state index is 0.113. The molecule has 20 heavy (non-hydrogen) atoms. The van der Waals surface area contributed by atoms with Gasteiger partial charge in [-0.3, -0.25) is 0 Å². The molecule has 0 aliphatic carbocycles. The molecule has 0 saturated heterocycles. The maximum Gasteiger partial charge on any atom is 0.151 e. The van der Waals surface area contributed by atoms with E-state index in [4.69, 9.17) is 10.5 Å². The average Bonchev–Trinajstić information content (AvgIpc) is 2.43. The van der Waals surface area contributed by atoms with Crippen molar-refractivity contribution in [1.82, 2.24) is 0 Å². The molecule has 0 fully saturated rings. The van der Waals surface area contributed by atoms with Crippen molar-refractivity contribution in [3.8, 4) is 5.75 Å². The summed E-state index contributed by atoms with van der Waals surface area (Å²) in [6.45, 7) is 2.67. The molecule has 2 aromatic carbocycles. The Morgan fingerprint density at radius 3 is 2.50 bits per heavy atom. The predicted molar refractivity (Wildman–Crippen MR) is 76.3 cm³/mol. The van der Waals surface area contributed by atoms with Gasteiger partial charge < -0.3 is 15.8 Å². The smallest absolute Gasteiger partial charge is 0.151 e. The first kappa shape index (κ1) is 14.1. The molecular weight excluding hydrogens is 262 g/mol. The van der Waals surface area contributed by atoms with Crippen molar-refractivity contribution in [2.75, 3.05) is 17.7 Å². The number of benzene rings is 2. The van der Waals surface area contributed by atoms with Crippen LogP contribution in [0.1, 0.15) is 13.3 Å². The second kappa shape index (κ2) is 6.23. The lowest BCUT2D eigenvalue weighted by Crippen LogP contribution is -2.00. The van der Waals surface area contributed by atoms with E-state index in [1.165, 1.54) is 0 Å². The Hall–Kier alpha value is -2.30. The minimum atomic E-state index is -0.782. The van der Waals surface area contributed by atoms with Crippen LogP contribution in [0.3, 0.4) is 0 Å². The summed E-state index contributed by atoms with van der Waals surface area (Å²) in [5.41, 5.74) is 6.32. The topological polar surface area (TPSA) is 47.3 Å². The molecular formula is C15H16F2N2O. The van der Waals surface area contributed by atoms with Crippen LogP contribution in [0.15, 0.2) is 36.4 Å². The van der Waals surface area contributed by atoms with Crippen molar-refractivity contribution in [3.05, 3.63) is 48.0 Å². The SMILES string of the molecule is CCCOc1ccc(Nc2cc(F)cc(F)c2N)cc1. The minimum Gasteiger partial charge on any atom is -0.494 e. The fourth-order valence-electron chi connectivity index (χ4n) is 1.70. The first-order chi connectivity index (χ1) is 9.60. The van der Waals surface area contributed by atoms with E-state index in [0.717, 1.165) is 24.3 Å². The first-order valence-corrected chi connectivity index (χ1v) is 6.34. The summed E-state index contributed by atoms with van der Waals surface area (Å²) < 4.78 is 31.9. The second-order valence-electron chi connectivity index (χ2n) is 4.35. The molecule has 0 aliphatic heterocycles. The predicted octanol–water partition coefficient (Wildman–Crippen LogP) is 4.08. The zero-order valence-corrected chi connectivity index (χ0v) is 11.1. The van der Waals surface area contributed by atoms with E-state index < -0.39 is 11.6 Å². The quantitative estimate of drug-likeness (QED) is 0.810. The Bertz CT molecular complexity index is 585. The van der Waals surface area contributed by atoms with Crippen LogP contribution in [0.4, 0.5) is 25.8 Å². The van der Waals surface area contributed by atoms with Crippen molar-refractivity contribution in [1.29, 1.82) is 0 Å². The van der Waals surface area contributed by atoms with Crippen LogP contribution in [-0.2, 0) is 0 Å². The van der Waals surface area contributed by atoms with E-state index in [9.17, 15) is 8.78 Å². The van der Waals surface area contributed by atoms with Gasteiger partial charge >= 0.3 is 0 Å². The van der Waals surface area contributed by atoms with Gasteiger partial charge in [0.15, 0.2) is 5.82 Å². The van der Waals surface area contributed by atoms with Gasteiger partial charge in [0.2, 0.25) is 0 Å². The Labute approximate surface area is 116 Å². The highest BCUT2D eigenvalue weighted by Gasteiger charge is 2.08. The maximum atomic E-state index is 13.3. The molecule has 0 unspecified atom stereocenters. The van der Waals surface area contributed by atoms with Crippen LogP contribution in [0.5, 0.6) is 5.75 Å². The standard InChI is InChI=1S/C15H16F2N2O/c1-2-7-20-12-5-3-11(4-6-12)19-14-9-10(16)8-13(17)15(14)18/h3-6,8-9,19H,2,7,18H2,1H3. The number of nitrogens with one attached hydrogen (secondary N) is 1. The maximum absolute atomic E-state index is 13.3. The highest BCUT2D eigenvalue weighted by atomic mass is 19.1. The molecule has 0 heterocycles. The van der Waals surface area contributed by atoms with Gasteiger partial charge in [0.1, 0.15) is 11.6 Å². The van der Waals surface area contributed by atoms with Crippen molar-refractivity contribution in [2.24, 2.45) is 0 Å². The van der Waals surface area contributed by atoms with E-state index >= 15 is 0 Å². The summed E-state index contributed by atoms with van der Waals surface area (Å²) in [6.07, 6.45) is 0.930. The number of ether oxygens (including phenoxy) is 1. The summed E-state index contributed by atoms with van der Waals surface area (Å²) in [5, 5.41) is 2.88. The van der Waals surface area contributed by atoms with E-state index in [1.807, 2.05) is 6.92 Å². The molecule has 0 saturated carbocycles. The fraction of sp³-hybridized carbons (Fsp3) is 0.200. The number of nitrogens with two attached hydrogens (primary N) is 1. The molecule has 0 atom stereocenters. The Morgan fingerprint density at radius 2 is 1.85 bits per heavy atom. The molecule has 106 valence electrons. The third-order valence-corrected chi connectivity index (χ3v) is 2.70. The third-order valence-electron chi connectivity index (χ3n) is 2.70. The van der Waals surface area contributed by atoms with Crippen LogP contribution in [0, 0.1) is 11.6 Å². The zero-order chi connectivity index (χ0) is 14.5. The molecule has 0 radical (unpaired) electrons. The van der Waals surface area contributed by atoms with Gasteiger partial charge in [0.25, 0.3) is 0 Å². The van der Waals surface area contributed by atoms with Gasteiger partial charge in [-0.2, -0.15) is 0 Å². The van der Waals surface area contributed by atoms with Gasteiger partial charge in [-0.1, -0.05) is 6.92 Å². The van der Waals surface area contributed by atoms with E-state index in [-0.39, 0.29) is 11.4 Å². The van der Waals surface area contributed by atoms with Crippen molar-refractivity contribution in [3.63, 3.8) is 0 Å². The summed E-state index contributed by atoms with van der Waals surface area (Å²) >= 11 is 0. The van der Waals surface area contributed by atoms with Crippen molar-refractivity contribution >= 4 is 17.1 Å². The summed E-state index contributed by atoms with van der Waals surface area (Å²) in [7, 11) is 0. The average molecular weight is 278 g/mol. The second-order valence-corrected chi connectivity index (χ2v) is 4.35. The molecule has 3 nitrogen and oxygen atoms in total.